The lowest BCUT2D eigenvalue weighted by atomic mass is 9.80. The zero-order chi connectivity index (χ0) is 16.6. The molecular weight excluding hydrogens is 296 g/mol. The van der Waals surface area contributed by atoms with Crippen LogP contribution in [0.4, 0.5) is 4.79 Å². The molecular formula is C17H22N2O4. The lowest BCUT2D eigenvalue weighted by molar-refractivity contribution is -0.129. The van der Waals surface area contributed by atoms with Crippen molar-refractivity contribution in [1.82, 2.24) is 9.47 Å². The Labute approximate surface area is 135 Å². The molecule has 0 N–H and O–H groups in total. The summed E-state index contributed by atoms with van der Waals surface area (Å²) in [7, 11) is 1.69. The molecule has 0 unspecified atom stereocenters. The van der Waals surface area contributed by atoms with E-state index in [4.69, 9.17) is 4.74 Å². The lowest BCUT2D eigenvalue weighted by Gasteiger charge is -2.44. The first kappa shape index (κ1) is 15.8. The molecule has 1 spiro atoms. The van der Waals surface area contributed by atoms with Gasteiger partial charge >= 0.3 is 6.09 Å². The number of hydrogen-bond donors (Lipinski definition) is 0. The van der Waals surface area contributed by atoms with Gasteiger partial charge in [-0.2, -0.15) is 0 Å². The quantitative estimate of drug-likeness (QED) is 0.838. The summed E-state index contributed by atoms with van der Waals surface area (Å²) in [6, 6.07) is 3.20. The Morgan fingerprint density at radius 1 is 1.17 bits per heavy atom. The number of ketones is 1. The minimum Gasteiger partial charge on any atom is -0.443 e. The van der Waals surface area contributed by atoms with E-state index in [0.29, 0.717) is 32.2 Å². The van der Waals surface area contributed by atoms with Crippen LogP contribution in [0.25, 0.3) is 0 Å². The number of rotatable bonds is 2. The first-order valence-corrected chi connectivity index (χ1v) is 8.08. The van der Waals surface area contributed by atoms with Crippen LogP contribution in [0.5, 0.6) is 0 Å². The monoisotopic (exact) mass is 318 g/mol. The van der Waals surface area contributed by atoms with Gasteiger partial charge in [0.05, 0.1) is 6.04 Å². The number of nitrogens with zero attached hydrogens (tertiary/aromatic N) is 2. The van der Waals surface area contributed by atoms with Gasteiger partial charge < -0.3 is 14.2 Å². The minimum absolute atomic E-state index is 0.0954. The van der Waals surface area contributed by atoms with E-state index >= 15 is 0 Å². The molecule has 0 radical (unpaired) electrons. The molecule has 6 nitrogen and oxygen atoms in total. The molecule has 0 aromatic carbocycles. The van der Waals surface area contributed by atoms with E-state index < -0.39 is 5.60 Å². The number of aryl methyl sites for hydroxylation is 1. The molecule has 1 amide bonds. The number of hydrogen-bond acceptors (Lipinski definition) is 4. The van der Waals surface area contributed by atoms with Gasteiger partial charge in [-0.15, -0.1) is 0 Å². The Morgan fingerprint density at radius 3 is 2.48 bits per heavy atom. The highest BCUT2D eigenvalue weighted by Gasteiger charge is 2.44. The maximum Gasteiger partial charge on any atom is 0.410 e. The van der Waals surface area contributed by atoms with E-state index in [1.807, 2.05) is 13.0 Å². The van der Waals surface area contributed by atoms with Crippen molar-refractivity contribution in [2.24, 2.45) is 7.05 Å². The second-order valence-corrected chi connectivity index (χ2v) is 6.62. The first-order chi connectivity index (χ1) is 10.9. The van der Waals surface area contributed by atoms with E-state index in [-0.39, 0.29) is 23.5 Å². The lowest BCUT2D eigenvalue weighted by Crippen LogP contribution is -2.51. The number of Topliss-reactive ketones (excluding diaryl/α,β-unsaturated/α-hetero) is 1. The molecule has 6 heteroatoms. The highest BCUT2D eigenvalue weighted by Crippen LogP contribution is 2.38. The molecule has 1 saturated carbocycles. The van der Waals surface area contributed by atoms with Gasteiger partial charge in [0.15, 0.2) is 0 Å². The average molecular weight is 318 g/mol. The molecule has 2 aliphatic rings. The summed E-state index contributed by atoms with van der Waals surface area (Å²) < 4.78 is 7.22. The van der Waals surface area contributed by atoms with Crippen molar-refractivity contribution in [3.63, 3.8) is 0 Å². The Hall–Kier alpha value is -2.11. The largest absolute Gasteiger partial charge is 0.443 e. The second-order valence-electron chi connectivity index (χ2n) is 6.62. The number of amides is 1. The van der Waals surface area contributed by atoms with Crippen molar-refractivity contribution >= 4 is 11.9 Å². The Morgan fingerprint density at radius 2 is 1.87 bits per heavy atom. The fraction of sp³-hybridized carbons (Fsp3) is 0.588. The normalized spacial score (nSPS) is 22.1. The van der Waals surface area contributed by atoms with E-state index in [2.05, 4.69) is 0 Å². The van der Waals surface area contributed by atoms with Gasteiger partial charge in [0, 0.05) is 45.1 Å². The number of aromatic nitrogens is 1. The third kappa shape index (κ3) is 3.02. The van der Waals surface area contributed by atoms with E-state index in [0.717, 1.165) is 12.0 Å². The van der Waals surface area contributed by atoms with E-state index in [1.165, 1.54) is 4.57 Å². The van der Waals surface area contributed by atoms with Crippen molar-refractivity contribution in [3.05, 3.63) is 34.2 Å². The fourth-order valence-corrected chi connectivity index (χ4v) is 3.40. The molecule has 1 saturated heterocycles. The van der Waals surface area contributed by atoms with E-state index in [1.54, 1.807) is 24.2 Å². The number of ether oxygens (including phenoxy) is 1. The van der Waals surface area contributed by atoms with Gasteiger partial charge in [0.2, 0.25) is 0 Å². The highest BCUT2D eigenvalue weighted by atomic mass is 16.6. The molecule has 1 aliphatic carbocycles. The van der Waals surface area contributed by atoms with Gasteiger partial charge in [0.1, 0.15) is 11.4 Å². The second kappa shape index (κ2) is 5.83. The maximum absolute atomic E-state index is 12.5. The van der Waals surface area contributed by atoms with Crippen LogP contribution < -0.4 is 5.56 Å². The molecule has 0 bridgehead atoms. The fourth-order valence-electron chi connectivity index (χ4n) is 3.40. The van der Waals surface area contributed by atoms with Crippen LogP contribution in [-0.4, -0.2) is 33.5 Å². The molecule has 2 heterocycles. The molecule has 1 aromatic rings. The van der Waals surface area contributed by atoms with Crippen LogP contribution in [-0.2, 0) is 16.6 Å². The summed E-state index contributed by atoms with van der Waals surface area (Å²) in [6.45, 7) is 2.49. The van der Waals surface area contributed by atoms with Crippen LogP contribution in [0.15, 0.2) is 23.1 Å². The summed E-state index contributed by atoms with van der Waals surface area (Å²) in [5.41, 5.74) is 0.246. The predicted molar refractivity (Wildman–Crippen MR) is 84.1 cm³/mol. The highest BCUT2D eigenvalue weighted by molar-refractivity contribution is 5.80. The minimum atomic E-state index is -0.464. The van der Waals surface area contributed by atoms with Crippen molar-refractivity contribution in [1.29, 1.82) is 0 Å². The molecule has 1 atom stereocenters. The van der Waals surface area contributed by atoms with Crippen LogP contribution in [0, 0.1) is 0 Å². The van der Waals surface area contributed by atoms with Crippen molar-refractivity contribution in [3.8, 4) is 0 Å². The number of carbonyl (C=O) groups is 2. The van der Waals surface area contributed by atoms with E-state index in [9.17, 15) is 14.4 Å². The van der Waals surface area contributed by atoms with Crippen LogP contribution in [0.3, 0.4) is 0 Å². The average Bonchev–Trinajstić information content (AvgIpc) is 2.53. The van der Waals surface area contributed by atoms with Crippen molar-refractivity contribution in [2.75, 3.05) is 6.54 Å². The van der Waals surface area contributed by atoms with Gasteiger partial charge in [-0.25, -0.2) is 4.79 Å². The number of pyridine rings is 1. The zero-order valence-electron chi connectivity index (χ0n) is 13.6. The molecule has 1 aliphatic heterocycles. The third-order valence-electron chi connectivity index (χ3n) is 5.14. The summed E-state index contributed by atoms with van der Waals surface area (Å²) in [6.07, 6.45) is 4.35. The summed E-state index contributed by atoms with van der Waals surface area (Å²) in [5.74, 6) is 0.252. The van der Waals surface area contributed by atoms with Crippen molar-refractivity contribution in [2.45, 2.75) is 50.7 Å². The molecule has 3 rings (SSSR count). The van der Waals surface area contributed by atoms with Gasteiger partial charge in [-0.05, 0) is 31.4 Å². The standard InChI is InChI=1S/C17H22N2O4/c1-12(13-5-9-18(2)15(21)11-13)19-10-8-17(23-16(19)22)6-3-14(20)4-7-17/h5,9,11-12H,3-4,6-8,10H2,1-2H3/t12-/m0/s1. The predicted octanol–water partition coefficient (Wildman–Crippen LogP) is 2.17. The molecule has 23 heavy (non-hydrogen) atoms. The smallest absolute Gasteiger partial charge is 0.410 e. The number of carbonyl (C=O) groups excluding carboxylic acids is 2. The molecule has 1 aromatic heterocycles. The third-order valence-corrected chi connectivity index (χ3v) is 5.14. The Bertz CT molecular complexity index is 684. The Kier molecular flexibility index (Phi) is 4.00. The van der Waals surface area contributed by atoms with Gasteiger partial charge in [-0.1, -0.05) is 0 Å². The van der Waals surface area contributed by atoms with Crippen LogP contribution >= 0.6 is 0 Å². The Balaban J connectivity index is 1.73. The molecule has 2 fully saturated rings. The van der Waals surface area contributed by atoms with Gasteiger partial charge in [0.25, 0.3) is 5.56 Å². The van der Waals surface area contributed by atoms with Crippen LogP contribution in [0.2, 0.25) is 0 Å². The summed E-state index contributed by atoms with van der Waals surface area (Å²) >= 11 is 0. The van der Waals surface area contributed by atoms with Crippen LogP contribution in [0.1, 0.15) is 50.6 Å². The SMILES string of the molecule is C[C@@H](c1ccn(C)c(=O)c1)N1CCC2(CCC(=O)CC2)OC1=O. The van der Waals surface area contributed by atoms with Gasteiger partial charge in [-0.3, -0.25) is 9.59 Å². The van der Waals surface area contributed by atoms with Crippen molar-refractivity contribution < 1.29 is 14.3 Å². The topological polar surface area (TPSA) is 68.6 Å². The molecule has 124 valence electrons. The first-order valence-electron chi connectivity index (χ1n) is 8.08. The summed E-state index contributed by atoms with van der Waals surface area (Å²) in [4.78, 5) is 37.3. The zero-order valence-corrected chi connectivity index (χ0v) is 13.6. The maximum atomic E-state index is 12.5. The summed E-state index contributed by atoms with van der Waals surface area (Å²) in [5, 5.41) is 0.